The van der Waals surface area contributed by atoms with E-state index in [0.717, 1.165) is 18.1 Å². The summed E-state index contributed by atoms with van der Waals surface area (Å²) in [6, 6.07) is 14.3. The molecule has 0 aliphatic heterocycles. The van der Waals surface area contributed by atoms with Gasteiger partial charge in [-0.05, 0) is 104 Å². The molecule has 0 saturated heterocycles. The third kappa shape index (κ3) is 4.32. The van der Waals surface area contributed by atoms with Crippen molar-refractivity contribution in [2.45, 2.75) is 78.4 Å². The van der Waals surface area contributed by atoms with Gasteiger partial charge in [0.05, 0.1) is 30.1 Å². The number of ether oxygens (including phenoxy) is 3. The Kier molecular flexibility index (Phi) is 7.26. The number of hydrogen-bond donors (Lipinski definition) is 0. The predicted molar refractivity (Wildman–Crippen MR) is 207 cm³/mol. The van der Waals surface area contributed by atoms with Crippen LogP contribution in [0.5, 0.6) is 5.06 Å². The maximum Gasteiger partial charge on any atom is 0.175 e. The van der Waals surface area contributed by atoms with E-state index in [1.807, 2.05) is 56.7 Å². The molecule has 0 N–H and O–H groups in total. The van der Waals surface area contributed by atoms with Crippen molar-refractivity contribution in [3.8, 4) is 25.9 Å². The molecule has 0 radical (unpaired) electrons. The van der Waals surface area contributed by atoms with E-state index in [1.165, 1.54) is 106 Å². The molecule has 9 rings (SSSR count). The lowest BCUT2D eigenvalue weighted by Crippen LogP contribution is -2.25. The molecule has 5 aromatic heterocycles. The summed E-state index contributed by atoms with van der Waals surface area (Å²) in [5.74, 6) is 0. The predicted octanol–water partition coefficient (Wildman–Crippen LogP) is 13.4. The topological polar surface area (TPSA) is 27.7 Å². The van der Waals surface area contributed by atoms with Crippen LogP contribution in [0.4, 0.5) is 0 Å². The first-order valence-corrected chi connectivity index (χ1v) is 20.9. The van der Waals surface area contributed by atoms with Gasteiger partial charge in [0.25, 0.3) is 0 Å². The SMILES string of the molecule is CCCCCCOc1cc2sc3c4c(sc3c2s1)-c1cc2cc3c(cc2cc1C4(C)OCC)-c1sc2cc(C)sc2c1C3(C)OCC. The molecule has 0 saturated carbocycles. The fourth-order valence-electron chi connectivity index (χ4n) is 8.04. The molecule has 2 aromatic carbocycles. The van der Waals surface area contributed by atoms with E-state index in [-0.39, 0.29) is 0 Å². The Morgan fingerprint density at radius 1 is 0.596 bits per heavy atom. The van der Waals surface area contributed by atoms with Crippen molar-refractivity contribution < 1.29 is 14.2 Å². The minimum atomic E-state index is -0.496. The van der Waals surface area contributed by atoms with Crippen molar-refractivity contribution >= 4 is 95.7 Å². The van der Waals surface area contributed by atoms with Crippen molar-refractivity contribution in [2.24, 2.45) is 0 Å². The average Bonchev–Trinajstić information content (AvgIpc) is 3.87. The second-order valence-corrected chi connectivity index (χ2v) is 18.6. The van der Waals surface area contributed by atoms with Crippen LogP contribution >= 0.6 is 56.7 Å². The number of benzene rings is 2. The Bertz CT molecular complexity index is 2360. The largest absolute Gasteiger partial charge is 0.484 e. The summed E-state index contributed by atoms with van der Waals surface area (Å²) in [6.45, 7) is 15.4. The van der Waals surface area contributed by atoms with E-state index in [1.54, 1.807) is 0 Å². The zero-order valence-electron chi connectivity index (χ0n) is 27.7. The second-order valence-electron chi connectivity index (χ2n) is 13.2. The van der Waals surface area contributed by atoms with E-state index >= 15 is 0 Å². The van der Waals surface area contributed by atoms with Crippen LogP contribution in [-0.2, 0) is 20.7 Å². The monoisotopic (exact) mass is 714 g/mol. The van der Waals surface area contributed by atoms with Gasteiger partial charge in [0.15, 0.2) is 5.06 Å². The van der Waals surface area contributed by atoms with Gasteiger partial charge in [-0.25, -0.2) is 0 Å². The first-order valence-electron chi connectivity index (χ1n) is 16.9. The van der Waals surface area contributed by atoms with Gasteiger partial charge in [0.2, 0.25) is 0 Å². The molecule has 2 aliphatic carbocycles. The third-order valence-corrected chi connectivity index (χ3v) is 16.4. The Morgan fingerprint density at radius 3 is 1.89 bits per heavy atom. The zero-order chi connectivity index (χ0) is 32.2. The smallest absolute Gasteiger partial charge is 0.175 e. The zero-order valence-corrected chi connectivity index (χ0v) is 31.8. The molecule has 7 aromatic rings. The van der Waals surface area contributed by atoms with Crippen molar-refractivity contribution in [1.82, 2.24) is 0 Å². The lowest BCUT2D eigenvalue weighted by molar-refractivity contribution is 0.00854. The first-order chi connectivity index (χ1) is 22.8. The normalized spacial score (nSPS) is 19.8. The van der Waals surface area contributed by atoms with Crippen molar-refractivity contribution in [3.63, 3.8) is 0 Å². The number of thiophene rings is 5. The summed E-state index contributed by atoms with van der Waals surface area (Å²) in [7, 11) is 0. The van der Waals surface area contributed by atoms with Crippen LogP contribution in [-0.4, -0.2) is 19.8 Å². The molecule has 47 heavy (non-hydrogen) atoms. The molecule has 3 nitrogen and oxygen atoms in total. The lowest BCUT2D eigenvalue weighted by atomic mass is 9.89. The van der Waals surface area contributed by atoms with Gasteiger partial charge in [0.1, 0.15) is 11.2 Å². The number of rotatable bonds is 10. The Hall–Kier alpha value is -2.30. The van der Waals surface area contributed by atoms with Gasteiger partial charge < -0.3 is 14.2 Å². The standard InChI is InChI=1S/C39H38O3S5/c1-7-10-11-12-13-40-29-19-28-35(46-29)37-36(45-28)31-33(47-37)24-16-22-17-25-23(15-21(22)18-26(24)39(31,6)42-9-3)32-30(38(25,5)41-8-2)34-27(44-32)14-20(4)43-34/h14-19H,7-13H2,1-6H3. The van der Waals surface area contributed by atoms with Crippen LogP contribution < -0.4 is 4.74 Å². The number of aryl methyl sites for hydroxylation is 1. The van der Waals surface area contributed by atoms with Crippen LogP contribution in [0, 0.1) is 6.92 Å². The molecule has 5 heterocycles. The minimum absolute atomic E-state index is 0.459. The van der Waals surface area contributed by atoms with Crippen LogP contribution in [0.3, 0.4) is 0 Å². The molecule has 0 amide bonds. The lowest BCUT2D eigenvalue weighted by Gasteiger charge is -2.28. The molecule has 2 unspecified atom stereocenters. The Balaban J connectivity index is 1.19. The fraction of sp³-hybridized carbons (Fsp3) is 0.385. The first kappa shape index (κ1) is 30.7. The Morgan fingerprint density at radius 2 is 1.23 bits per heavy atom. The minimum Gasteiger partial charge on any atom is -0.484 e. The number of fused-ring (bicyclic) bond motifs is 13. The molecule has 0 bridgehead atoms. The highest BCUT2D eigenvalue weighted by molar-refractivity contribution is 7.40. The molecule has 8 heteroatoms. The second kappa shape index (κ2) is 11.1. The van der Waals surface area contributed by atoms with E-state index in [0.29, 0.717) is 13.2 Å². The van der Waals surface area contributed by atoms with Crippen molar-refractivity contribution in [3.05, 3.63) is 63.5 Å². The van der Waals surface area contributed by atoms with Crippen LogP contribution in [0.25, 0.3) is 59.9 Å². The number of hydrogen-bond acceptors (Lipinski definition) is 8. The highest BCUT2D eigenvalue weighted by Gasteiger charge is 2.46. The Labute approximate surface area is 295 Å². The summed E-state index contributed by atoms with van der Waals surface area (Å²) < 4.78 is 27.9. The summed E-state index contributed by atoms with van der Waals surface area (Å²) in [4.78, 5) is 4.09. The summed E-state index contributed by atoms with van der Waals surface area (Å²) >= 11 is 9.49. The highest BCUT2D eigenvalue weighted by Crippen LogP contribution is 2.62. The molecule has 2 atom stereocenters. The maximum absolute atomic E-state index is 6.77. The van der Waals surface area contributed by atoms with Gasteiger partial charge in [-0.15, -0.1) is 45.3 Å². The quantitative estimate of drug-likeness (QED) is 0.132. The van der Waals surface area contributed by atoms with Crippen molar-refractivity contribution in [2.75, 3.05) is 19.8 Å². The van der Waals surface area contributed by atoms with E-state index in [9.17, 15) is 0 Å². The summed E-state index contributed by atoms with van der Waals surface area (Å²) in [5.41, 5.74) is 6.98. The number of unbranched alkanes of at least 4 members (excludes halogenated alkanes) is 3. The molecular weight excluding hydrogens is 677 g/mol. The maximum atomic E-state index is 6.77. The van der Waals surface area contributed by atoms with Crippen LogP contribution in [0.15, 0.2) is 36.4 Å². The van der Waals surface area contributed by atoms with E-state index < -0.39 is 11.2 Å². The molecule has 2 aliphatic rings. The van der Waals surface area contributed by atoms with Gasteiger partial charge >= 0.3 is 0 Å². The molecule has 0 spiro atoms. The average molecular weight is 715 g/mol. The van der Waals surface area contributed by atoms with E-state index in [2.05, 4.69) is 77.9 Å². The molecular formula is C39H38O3S5. The fourth-order valence-corrected chi connectivity index (χ4v) is 15.2. The van der Waals surface area contributed by atoms with Crippen LogP contribution in [0.2, 0.25) is 0 Å². The summed E-state index contributed by atoms with van der Waals surface area (Å²) in [5, 5.41) is 3.59. The highest BCUT2D eigenvalue weighted by atomic mass is 32.1. The van der Waals surface area contributed by atoms with Gasteiger partial charge in [-0.2, -0.15) is 0 Å². The van der Waals surface area contributed by atoms with Gasteiger partial charge in [-0.1, -0.05) is 37.5 Å². The third-order valence-electron chi connectivity index (χ3n) is 10.1. The molecule has 242 valence electrons. The van der Waals surface area contributed by atoms with Crippen molar-refractivity contribution in [1.29, 1.82) is 0 Å². The molecule has 0 fully saturated rings. The summed E-state index contributed by atoms with van der Waals surface area (Å²) in [6.07, 6.45) is 4.89. The van der Waals surface area contributed by atoms with Gasteiger partial charge in [0, 0.05) is 49.7 Å². The van der Waals surface area contributed by atoms with E-state index in [4.69, 9.17) is 14.2 Å². The van der Waals surface area contributed by atoms with Crippen LogP contribution in [0.1, 0.15) is 87.4 Å². The van der Waals surface area contributed by atoms with Gasteiger partial charge in [-0.3, -0.25) is 0 Å².